The summed E-state index contributed by atoms with van der Waals surface area (Å²) in [6, 6.07) is 11.5. The third-order valence-electron chi connectivity index (χ3n) is 2.17. The second-order valence-corrected chi connectivity index (χ2v) is 5.51. The molecule has 0 heterocycles. The van der Waals surface area contributed by atoms with E-state index in [-0.39, 0.29) is 0 Å². The van der Waals surface area contributed by atoms with Crippen LogP contribution in [0.15, 0.2) is 45.8 Å². The third-order valence-corrected chi connectivity index (χ3v) is 3.81. The zero-order valence-electron chi connectivity index (χ0n) is 8.05. The molecule has 16 heavy (non-hydrogen) atoms. The van der Waals surface area contributed by atoms with Gasteiger partial charge in [-0.1, -0.05) is 51.3 Å². The van der Waals surface area contributed by atoms with Crippen LogP contribution in [-0.4, -0.2) is 0 Å². The largest absolute Gasteiger partial charge is 0.142 e. The van der Waals surface area contributed by atoms with Gasteiger partial charge in [0.1, 0.15) is 0 Å². The summed E-state index contributed by atoms with van der Waals surface area (Å²) in [4.78, 5) is 0.687. The number of hydrogen-bond acceptors (Lipinski definition) is 1. The van der Waals surface area contributed by atoms with E-state index < -0.39 is 0 Å². The molecule has 2 aromatic carbocycles. The summed E-state index contributed by atoms with van der Waals surface area (Å²) in [7, 11) is 0. The molecule has 0 unspecified atom stereocenters. The van der Waals surface area contributed by atoms with Gasteiger partial charge in [0, 0.05) is 20.0 Å². The van der Waals surface area contributed by atoms with Crippen molar-refractivity contribution in [1.82, 2.24) is 0 Å². The van der Waals surface area contributed by atoms with Crippen molar-refractivity contribution >= 4 is 51.8 Å². The van der Waals surface area contributed by atoms with Gasteiger partial charge in [-0.3, -0.25) is 0 Å². The van der Waals surface area contributed by atoms with Crippen LogP contribution in [-0.2, 0) is 0 Å². The first-order valence-electron chi connectivity index (χ1n) is 4.52. The van der Waals surface area contributed by atoms with Gasteiger partial charge in [0.25, 0.3) is 0 Å². The standard InChI is InChI=1S/C12H7BrCl2S/c13-8-3-1-7(2-4-8)10-5-9(14)6-11(16)12(10)15/h1-6,16H. The highest BCUT2D eigenvalue weighted by molar-refractivity contribution is 9.10. The predicted molar refractivity (Wildman–Crippen MR) is 76.9 cm³/mol. The Hall–Kier alpha value is -0.150. The van der Waals surface area contributed by atoms with E-state index in [0.717, 1.165) is 15.6 Å². The monoisotopic (exact) mass is 332 g/mol. The van der Waals surface area contributed by atoms with E-state index in [1.54, 1.807) is 6.07 Å². The molecule has 0 aliphatic rings. The fourth-order valence-corrected chi connectivity index (χ4v) is 2.45. The second-order valence-electron chi connectivity index (χ2n) is 3.29. The van der Waals surface area contributed by atoms with E-state index >= 15 is 0 Å². The molecule has 82 valence electrons. The van der Waals surface area contributed by atoms with Crippen LogP contribution >= 0.6 is 51.8 Å². The average molecular weight is 334 g/mol. The molecule has 0 saturated heterocycles. The molecule has 0 aromatic heterocycles. The van der Waals surface area contributed by atoms with E-state index in [2.05, 4.69) is 28.6 Å². The van der Waals surface area contributed by atoms with Crippen molar-refractivity contribution in [2.75, 3.05) is 0 Å². The van der Waals surface area contributed by atoms with Crippen molar-refractivity contribution in [2.45, 2.75) is 4.90 Å². The Kier molecular flexibility index (Phi) is 3.85. The molecule has 0 spiro atoms. The molecule has 2 rings (SSSR count). The lowest BCUT2D eigenvalue weighted by Gasteiger charge is -2.07. The number of rotatable bonds is 1. The van der Waals surface area contributed by atoms with Crippen LogP contribution in [0.4, 0.5) is 0 Å². The first kappa shape index (κ1) is 12.3. The summed E-state index contributed by atoms with van der Waals surface area (Å²) in [5, 5.41) is 1.25. The van der Waals surface area contributed by atoms with Crippen LogP contribution < -0.4 is 0 Å². The molecular formula is C12H7BrCl2S. The lowest BCUT2D eigenvalue weighted by Crippen LogP contribution is -1.82. The van der Waals surface area contributed by atoms with Crippen LogP contribution in [0.5, 0.6) is 0 Å². The van der Waals surface area contributed by atoms with E-state index in [0.29, 0.717) is 14.9 Å². The van der Waals surface area contributed by atoms with Crippen molar-refractivity contribution in [1.29, 1.82) is 0 Å². The molecule has 0 nitrogen and oxygen atoms in total. The maximum atomic E-state index is 6.19. The Morgan fingerprint density at radius 3 is 2.25 bits per heavy atom. The maximum absolute atomic E-state index is 6.19. The highest BCUT2D eigenvalue weighted by Crippen LogP contribution is 2.35. The zero-order chi connectivity index (χ0) is 11.7. The van der Waals surface area contributed by atoms with Gasteiger partial charge in [-0.05, 0) is 29.8 Å². The third kappa shape index (κ3) is 2.57. The molecule has 2 aromatic rings. The smallest absolute Gasteiger partial charge is 0.0618 e. The summed E-state index contributed by atoms with van der Waals surface area (Å²) < 4.78 is 1.03. The number of benzene rings is 2. The molecule has 0 saturated carbocycles. The summed E-state index contributed by atoms with van der Waals surface area (Å²) in [5.74, 6) is 0. The summed E-state index contributed by atoms with van der Waals surface area (Å²) in [6.45, 7) is 0. The maximum Gasteiger partial charge on any atom is 0.0618 e. The van der Waals surface area contributed by atoms with E-state index in [1.807, 2.05) is 30.3 Å². The molecule has 0 N–H and O–H groups in total. The molecule has 0 amide bonds. The van der Waals surface area contributed by atoms with E-state index in [9.17, 15) is 0 Å². The molecule has 0 bridgehead atoms. The van der Waals surface area contributed by atoms with Crippen LogP contribution in [0.25, 0.3) is 11.1 Å². The molecule has 0 radical (unpaired) electrons. The molecule has 4 heteroatoms. The van der Waals surface area contributed by atoms with Crippen molar-refractivity contribution in [2.24, 2.45) is 0 Å². The number of hydrogen-bond donors (Lipinski definition) is 1. The zero-order valence-corrected chi connectivity index (χ0v) is 12.0. The Morgan fingerprint density at radius 1 is 1.00 bits per heavy atom. The Bertz CT molecular complexity index is 523. The fraction of sp³-hybridized carbons (Fsp3) is 0. The first-order chi connectivity index (χ1) is 7.58. The van der Waals surface area contributed by atoms with Crippen molar-refractivity contribution in [3.05, 3.63) is 50.9 Å². The molecule has 0 atom stereocenters. The van der Waals surface area contributed by atoms with Gasteiger partial charge in [-0.2, -0.15) is 0 Å². The SMILES string of the molecule is Sc1cc(Cl)cc(-c2ccc(Br)cc2)c1Cl. The minimum absolute atomic E-state index is 0.620. The van der Waals surface area contributed by atoms with Crippen LogP contribution in [0, 0.1) is 0 Å². The molecule has 0 aliphatic heterocycles. The van der Waals surface area contributed by atoms with E-state index in [1.165, 1.54) is 0 Å². The van der Waals surface area contributed by atoms with Crippen LogP contribution in [0.1, 0.15) is 0 Å². The summed E-state index contributed by atoms with van der Waals surface area (Å²) in [5.41, 5.74) is 1.91. The molecular weight excluding hydrogens is 327 g/mol. The normalized spacial score (nSPS) is 10.5. The Balaban J connectivity index is 2.59. The first-order valence-corrected chi connectivity index (χ1v) is 6.51. The Labute approximate surface area is 118 Å². The van der Waals surface area contributed by atoms with Crippen molar-refractivity contribution in [3.63, 3.8) is 0 Å². The number of halogens is 3. The van der Waals surface area contributed by atoms with Gasteiger partial charge < -0.3 is 0 Å². The van der Waals surface area contributed by atoms with Crippen LogP contribution in [0.3, 0.4) is 0 Å². The lowest BCUT2D eigenvalue weighted by atomic mass is 10.1. The molecule has 0 aliphatic carbocycles. The molecule has 0 fully saturated rings. The highest BCUT2D eigenvalue weighted by atomic mass is 79.9. The van der Waals surface area contributed by atoms with Gasteiger partial charge in [-0.25, -0.2) is 0 Å². The minimum Gasteiger partial charge on any atom is -0.142 e. The van der Waals surface area contributed by atoms with Gasteiger partial charge in [0.05, 0.1) is 5.02 Å². The van der Waals surface area contributed by atoms with Gasteiger partial charge in [0.2, 0.25) is 0 Å². The van der Waals surface area contributed by atoms with Gasteiger partial charge in [0.15, 0.2) is 0 Å². The quantitative estimate of drug-likeness (QED) is 0.635. The second kappa shape index (κ2) is 5.01. The summed E-state index contributed by atoms with van der Waals surface area (Å²) in [6.07, 6.45) is 0. The topological polar surface area (TPSA) is 0 Å². The van der Waals surface area contributed by atoms with Gasteiger partial charge >= 0.3 is 0 Å². The van der Waals surface area contributed by atoms with Crippen LogP contribution in [0.2, 0.25) is 10.0 Å². The predicted octanol–water partition coefficient (Wildman–Crippen LogP) is 5.71. The summed E-state index contributed by atoms with van der Waals surface area (Å²) >= 11 is 19.9. The lowest BCUT2D eigenvalue weighted by molar-refractivity contribution is 1.46. The minimum atomic E-state index is 0.620. The Morgan fingerprint density at radius 2 is 1.62 bits per heavy atom. The number of thiol groups is 1. The van der Waals surface area contributed by atoms with Crippen molar-refractivity contribution in [3.8, 4) is 11.1 Å². The van der Waals surface area contributed by atoms with Gasteiger partial charge in [-0.15, -0.1) is 12.6 Å². The van der Waals surface area contributed by atoms with Crippen molar-refractivity contribution < 1.29 is 0 Å². The van der Waals surface area contributed by atoms with E-state index in [4.69, 9.17) is 23.2 Å². The highest BCUT2D eigenvalue weighted by Gasteiger charge is 2.08. The average Bonchev–Trinajstić information content (AvgIpc) is 2.25. The fourth-order valence-electron chi connectivity index (χ4n) is 1.41.